The third-order valence-electron chi connectivity index (χ3n) is 5.44. The lowest BCUT2D eigenvalue weighted by Crippen LogP contribution is -2.37. The topological polar surface area (TPSA) is 91.2 Å². The SMILES string of the molecule is O=C(NCC1CCCCC1)c1n[nH]c2c1CN(C(=O)c1ccco1)CC2. The summed E-state index contributed by atoms with van der Waals surface area (Å²) in [5, 5.41) is 10.2. The van der Waals surface area contributed by atoms with Crippen LogP contribution in [0.25, 0.3) is 0 Å². The van der Waals surface area contributed by atoms with Gasteiger partial charge in [-0.3, -0.25) is 14.7 Å². The Balaban J connectivity index is 1.42. The molecular formula is C19H24N4O3. The van der Waals surface area contributed by atoms with Crippen LogP contribution in [0.1, 0.15) is 64.4 Å². The van der Waals surface area contributed by atoms with E-state index in [9.17, 15) is 9.59 Å². The van der Waals surface area contributed by atoms with Crippen molar-refractivity contribution in [1.29, 1.82) is 0 Å². The normalized spacial score (nSPS) is 17.8. The van der Waals surface area contributed by atoms with Gasteiger partial charge in [-0.05, 0) is 30.9 Å². The van der Waals surface area contributed by atoms with Crippen LogP contribution in [0.4, 0.5) is 0 Å². The first-order valence-electron chi connectivity index (χ1n) is 9.39. The van der Waals surface area contributed by atoms with E-state index in [0.29, 0.717) is 43.4 Å². The summed E-state index contributed by atoms with van der Waals surface area (Å²) in [6, 6.07) is 3.36. The number of amides is 2. The third kappa shape index (κ3) is 3.38. The fourth-order valence-corrected chi connectivity index (χ4v) is 3.92. The number of furan rings is 1. The zero-order valence-electron chi connectivity index (χ0n) is 14.8. The largest absolute Gasteiger partial charge is 0.459 e. The van der Waals surface area contributed by atoms with Crippen molar-refractivity contribution in [3.63, 3.8) is 0 Å². The summed E-state index contributed by atoms with van der Waals surface area (Å²) >= 11 is 0. The van der Waals surface area contributed by atoms with Crippen LogP contribution in [0.15, 0.2) is 22.8 Å². The highest BCUT2D eigenvalue weighted by Crippen LogP contribution is 2.24. The van der Waals surface area contributed by atoms with Crippen LogP contribution in [-0.2, 0) is 13.0 Å². The summed E-state index contributed by atoms with van der Waals surface area (Å²) < 4.78 is 5.21. The molecular weight excluding hydrogens is 332 g/mol. The van der Waals surface area contributed by atoms with Gasteiger partial charge in [0.15, 0.2) is 11.5 Å². The van der Waals surface area contributed by atoms with Crippen molar-refractivity contribution in [1.82, 2.24) is 20.4 Å². The molecule has 1 saturated carbocycles. The quantitative estimate of drug-likeness (QED) is 0.880. The van der Waals surface area contributed by atoms with Crippen molar-refractivity contribution >= 4 is 11.8 Å². The van der Waals surface area contributed by atoms with Crippen LogP contribution in [0.3, 0.4) is 0 Å². The van der Waals surface area contributed by atoms with E-state index in [2.05, 4.69) is 15.5 Å². The molecule has 0 bridgehead atoms. The molecule has 2 aromatic rings. The predicted octanol–water partition coefficient (Wildman–Crippen LogP) is 2.51. The molecule has 1 aliphatic heterocycles. The summed E-state index contributed by atoms with van der Waals surface area (Å²) in [7, 11) is 0. The summed E-state index contributed by atoms with van der Waals surface area (Å²) in [5.41, 5.74) is 2.17. The highest BCUT2D eigenvalue weighted by Gasteiger charge is 2.29. The maximum atomic E-state index is 12.6. The first-order chi connectivity index (χ1) is 12.7. The fourth-order valence-electron chi connectivity index (χ4n) is 3.92. The molecule has 0 saturated heterocycles. The number of H-pyrrole nitrogens is 1. The highest BCUT2D eigenvalue weighted by molar-refractivity contribution is 5.95. The molecule has 2 amide bonds. The molecule has 0 radical (unpaired) electrons. The van der Waals surface area contributed by atoms with Crippen LogP contribution in [0.5, 0.6) is 0 Å². The van der Waals surface area contributed by atoms with Crippen LogP contribution in [0, 0.1) is 5.92 Å². The predicted molar refractivity (Wildman–Crippen MR) is 94.6 cm³/mol. The van der Waals surface area contributed by atoms with Crippen molar-refractivity contribution < 1.29 is 14.0 Å². The Morgan fingerprint density at radius 2 is 2.15 bits per heavy atom. The van der Waals surface area contributed by atoms with Gasteiger partial charge < -0.3 is 14.6 Å². The van der Waals surface area contributed by atoms with Gasteiger partial charge in [-0.2, -0.15) is 5.10 Å². The summed E-state index contributed by atoms with van der Waals surface area (Å²) in [6.07, 6.45) is 8.32. The number of fused-ring (bicyclic) bond motifs is 1. The lowest BCUT2D eigenvalue weighted by Gasteiger charge is -2.26. The summed E-state index contributed by atoms with van der Waals surface area (Å²) in [4.78, 5) is 26.8. The average molecular weight is 356 g/mol. The van der Waals surface area contributed by atoms with E-state index in [0.717, 1.165) is 11.3 Å². The second kappa shape index (κ2) is 7.35. The second-order valence-electron chi connectivity index (χ2n) is 7.20. The Kier molecular flexibility index (Phi) is 4.77. The molecule has 0 atom stereocenters. The standard InChI is InChI=1S/C19H24N4O3/c24-18(20-11-13-5-2-1-3-6-13)17-14-12-23(9-8-15(14)21-22-17)19(25)16-7-4-10-26-16/h4,7,10,13H,1-3,5-6,8-9,11-12H2,(H,20,24)(H,21,22). The molecule has 138 valence electrons. The molecule has 1 fully saturated rings. The Morgan fingerprint density at radius 3 is 2.92 bits per heavy atom. The average Bonchev–Trinajstić information content (AvgIpc) is 3.35. The van der Waals surface area contributed by atoms with Crippen molar-refractivity contribution in [2.24, 2.45) is 5.92 Å². The molecule has 3 heterocycles. The molecule has 4 rings (SSSR count). The van der Waals surface area contributed by atoms with Gasteiger partial charge in [0.05, 0.1) is 12.8 Å². The fraction of sp³-hybridized carbons (Fsp3) is 0.526. The minimum absolute atomic E-state index is 0.152. The first kappa shape index (κ1) is 16.9. The molecule has 0 unspecified atom stereocenters. The van der Waals surface area contributed by atoms with Gasteiger partial charge in [0, 0.05) is 30.8 Å². The van der Waals surface area contributed by atoms with Crippen molar-refractivity contribution in [3.8, 4) is 0 Å². The zero-order chi connectivity index (χ0) is 17.9. The Bertz CT molecular complexity index is 775. The first-order valence-corrected chi connectivity index (χ1v) is 9.39. The van der Waals surface area contributed by atoms with E-state index in [4.69, 9.17) is 4.42 Å². The number of carbonyl (C=O) groups excluding carboxylic acids is 2. The minimum atomic E-state index is -0.157. The van der Waals surface area contributed by atoms with E-state index < -0.39 is 0 Å². The Morgan fingerprint density at radius 1 is 1.31 bits per heavy atom. The van der Waals surface area contributed by atoms with E-state index in [-0.39, 0.29) is 11.8 Å². The van der Waals surface area contributed by atoms with Gasteiger partial charge in [0.25, 0.3) is 11.8 Å². The maximum Gasteiger partial charge on any atom is 0.289 e. The van der Waals surface area contributed by atoms with Crippen LogP contribution < -0.4 is 5.32 Å². The van der Waals surface area contributed by atoms with Crippen molar-refractivity contribution in [3.05, 3.63) is 41.1 Å². The second-order valence-corrected chi connectivity index (χ2v) is 7.20. The van der Waals surface area contributed by atoms with Gasteiger partial charge in [-0.25, -0.2) is 0 Å². The van der Waals surface area contributed by atoms with Gasteiger partial charge in [0.2, 0.25) is 0 Å². The van der Waals surface area contributed by atoms with Crippen LogP contribution in [0.2, 0.25) is 0 Å². The molecule has 0 spiro atoms. The Hall–Kier alpha value is -2.57. The third-order valence-corrected chi connectivity index (χ3v) is 5.44. The lowest BCUT2D eigenvalue weighted by atomic mass is 9.89. The number of nitrogens with one attached hydrogen (secondary N) is 2. The molecule has 2 N–H and O–H groups in total. The maximum absolute atomic E-state index is 12.6. The number of aromatic nitrogens is 2. The van der Waals surface area contributed by atoms with Crippen molar-refractivity contribution in [2.45, 2.75) is 45.1 Å². The number of hydrogen-bond acceptors (Lipinski definition) is 4. The van der Waals surface area contributed by atoms with E-state index in [1.165, 1.54) is 38.4 Å². The molecule has 2 aromatic heterocycles. The van der Waals surface area contributed by atoms with Crippen molar-refractivity contribution in [2.75, 3.05) is 13.1 Å². The molecule has 26 heavy (non-hydrogen) atoms. The Labute approximate surface area is 152 Å². The van der Waals surface area contributed by atoms with Crippen LogP contribution >= 0.6 is 0 Å². The molecule has 7 heteroatoms. The smallest absolute Gasteiger partial charge is 0.289 e. The number of carbonyl (C=O) groups is 2. The minimum Gasteiger partial charge on any atom is -0.459 e. The van der Waals surface area contributed by atoms with E-state index in [1.54, 1.807) is 17.0 Å². The van der Waals surface area contributed by atoms with Crippen LogP contribution in [-0.4, -0.2) is 40.0 Å². The highest BCUT2D eigenvalue weighted by atomic mass is 16.3. The van der Waals surface area contributed by atoms with Gasteiger partial charge in [-0.1, -0.05) is 19.3 Å². The molecule has 2 aliphatic rings. The summed E-state index contributed by atoms with van der Waals surface area (Å²) in [5.74, 6) is 0.579. The van der Waals surface area contributed by atoms with Gasteiger partial charge >= 0.3 is 0 Å². The number of rotatable bonds is 4. The van der Waals surface area contributed by atoms with E-state index >= 15 is 0 Å². The number of hydrogen-bond donors (Lipinski definition) is 2. The number of nitrogens with zero attached hydrogens (tertiary/aromatic N) is 2. The van der Waals surface area contributed by atoms with E-state index in [1.807, 2.05) is 0 Å². The van der Waals surface area contributed by atoms with Gasteiger partial charge in [-0.15, -0.1) is 0 Å². The van der Waals surface area contributed by atoms with Gasteiger partial charge in [0.1, 0.15) is 0 Å². The molecule has 7 nitrogen and oxygen atoms in total. The lowest BCUT2D eigenvalue weighted by molar-refractivity contribution is 0.0699. The number of aromatic amines is 1. The summed E-state index contributed by atoms with van der Waals surface area (Å²) in [6.45, 7) is 1.66. The molecule has 0 aromatic carbocycles. The monoisotopic (exact) mass is 356 g/mol. The zero-order valence-corrected chi connectivity index (χ0v) is 14.8. The molecule has 1 aliphatic carbocycles.